The zero-order chi connectivity index (χ0) is 8.43. The van der Waals surface area contributed by atoms with Gasteiger partial charge in [0, 0.05) is 6.54 Å². The van der Waals surface area contributed by atoms with E-state index >= 15 is 0 Å². The van der Waals surface area contributed by atoms with E-state index in [9.17, 15) is 4.79 Å². The quantitative estimate of drug-likeness (QED) is 0.628. The highest BCUT2D eigenvalue weighted by Crippen LogP contribution is 2.07. The van der Waals surface area contributed by atoms with Crippen LogP contribution in [-0.2, 0) is 4.79 Å². The Bertz CT molecular complexity index is 156. The average Bonchev–Trinajstić information content (AvgIpc) is 2.18. The summed E-state index contributed by atoms with van der Waals surface area (Å²) >= 11 is 0. The monoisotopic (exact) mass is 156 g/mol. The van der Waals surface area contributed by atoms with Gasteiger partial charge in [0.05, 0.1) is 12.7 Å². The first-order valence-electron chi connectivity index (χ1n) is 4.14. The molecule has 0 saturated carbocycles. The van der Waals surface area contributed by atoms with E-state index in [0.717, 1.165) is 6.54 Å². The summed E-state index contributed by atoms with van der Waals surface area (Å²) in [5.41, 5.74) is 0. The normalized spacial score (nSPS) is 25.3. The summed E-state index contributed by atoms with van der Waals surface area (Å²) in [5, 5.41) is 3.10. The summed E-state index contributed by atoms with van der Waals surface area (Å²) in [5.74, 6) is 0.785. The topological polar surface area (TPSA) is 32.3 Å². The van der Waals surface area contributed by atoms with E-state index < -0.39 is 0 Å². The van der Waals surface area contributed by atoms with Crippen molar-refractivity contribution in [2.45, 2.75) is 26.9 Å². The van der Waals surface area contributed by atoms with Crippen molar-refractivity contribution in [2.75, 3.05) is 13.1 Å². The zero-order valence-corrected chi connectivity index (χ0v) is 7.42. The highest BCUT2D eigenvalue weighted by molar-refractivity contribution is 5.80. The molecule has 1 rings (SSSR count). The molecule has 1 N–H and O–H groups in total. The van der Waals surface area contributed by atoms with Gasteiger partial charge < -0.3 is 4.90 Å². The predicted octanol–water partition coefficient (Wildman–Crippen LogP) is 0.420. The number of hydrogen-bond donors (Lipinski definition) is 1. The van der Waals surface area contributed by atoms with Crippen molar-refractivity contribution in [3.05, 3.63) is 0 Å². The van der Waals surface area contributed by atoms with Gasteiger partial charge in [-0.1, -0.05) is 13.8 Å². The Labute approximate surface area is 67.8 Å². The van der Waals surface area contributed by atoms with Gasteiger partial charge in [0.1, 0.15) is 0 Å². The molecular formula is C8H16N2O. The van der Waals surface area contributed by atoms with E-state index in [0.29, 0.717) is 12.5 Å². The van der Waals surface area contributed by atoms with Crippen LogP contribution in [-0.4, -0.2) is 30.1 Å². The molecule has 11 heavy (non-hydrogen) atoms. The first kappa shape index (κ1) is 8.53. The molecule has 1 fully saturated rings. The van der Waals surface area contributed by atoms with Crippen LogP contribution in [0.3, 0.4) is 0 Å². The molecule has 0 aromatic heterocycles. The molecule has 0 spiro atoms. The van der Waals surface area contributed by atoms with Gasteiger partial charge in [-0.15, -0.1) is 0 Å². The van der Waals surface area contributed by atoms with E-state index in [1.807, 2.05) is 11.8 Å². The summed E-state index contributed by atoms with van der Waals surface area (Å²) in [7, 11) is 0. The van der Waals surface area contributed by atoms with Crippen molar-refractivity contribution in [3.63, 3.8) is 0 Å². The van der Waals surface area contributed by atoms with Crippen molar-refractivity contribution in [1.82, 2.24) is 10.2 Å². The van der Waals surface area contributed by atoms with Gasteiger partial charge in [0.25, 0.3) is 0 Å². The minimum atomic E-state index is 0.227. The highest BCUT2D eigenvalue weighted by Gasteiger charge is 2.26. The van der Waals surface area contributed by atoms with Crippen LogP contribution in [0.4, 0.5) is 0 Å². The lowest BCUT2D eigenvalue weighted by Crippen LogP contribution is -2.37. The second-order valence-corrected chi connectivity index (χ2v) is 3.50. The molecule has 1 atom stereocenters. The molecule has 0 aromatic rings. The number of rotatable bonds is 2. The van der Waals surface area contributed by atoms with E-state index in [1.165, 1.54) is 0 Å². The Hall–Kier alpha value is -0.570. The van der Waals surface area contributed by atoms with E-state index in [2.05, 4.69) is 19.2 Å². The third-order valence-corrected chi connectivity index (χ3v) is 1.90. The van der Waals surface area contributed by atoms with Crippen LogP contribution in [0, 0.1) is 5.92 Å². The molecule has 0 aliphatic carbocycles. The zero-order valence-electron chi connectivity index (χ0n) is 7.42. The standard InChI is InChI=1S/C8H16N2O/c1-6(2)5-10-7(3)9-4-8(10)11/h6-7,9H,4-5H2,1-3H3. The van der Waals surface area contributed by atoms with Gasteiger partial charge >= 0.3 is 0 Å². The van der Waals surface area contributed by atoms with E-state index in [4.69, 9.17) is 0 Å². The lowest BCUT2D eigenvalue weighted by atomic mass is 10.2. The number of carbonyl (C=O) groups is 1. The summed E-state index contributed by atoms with van der Waals surface area (Å²) in [6, 6.07) is 0. The Balaban J connectivity index is 2.48. The fraction of sp³-hybridized carbons (Fsp3) is 0.875. The maximum Gasteiger partial charge on any atom is 0.237 e. The number of carbonyl (C=O) groups excluding carboxylic acids is 1. The lowest BCUT2D eigenvalue weighted by molar-refractivity contribution is -0.128. The molecule has 64 valence electrons. The van der Waals surface area contributed by atoms with Crippen molar-refractivity contribution in [2.24, 2.45) is 5.92 Å². The molecule has 0 aromatic carbocycles. The average molecular weight is 156 g/mol. The van der Waals surface area contributed by atoms with Crippen LogP contribution in [0.5, 0.6) is 0 Å². The lowest BCUT2D eigenvalue weighted by Gasteiger charge is -2.22. The minimum Gasteiger partial charge on any atom is -0.326 e. The Morgan fingerprint density at radius 3 is 2.73 bits per heavy atom. The van der Waals surface area contributed by atoms with Crippen LogP contribution < -0.4 is 5.32 Å². The molecule has 0 radical (unpaired) electrons. The van der Waals surface area contributed by atoms with Crippen LogP contribution >= 0.6 is 0 Å². The Morgan fingerprint density at radius 2 is 2.36 bits per heavy atom. The van der Waals surface area contributed by atoms with Gasteiger partial charge in [-0.25, -0.2) is 0 Å². The molecule has 1 aliphatic heterocycles. The second-order valence-electron chi connectivity index (χ2n) is 3.50. The summed E-state index contributed by atoms with van der Waals surface area (Å²) in [6.45, 7) is 7.64. The minimum absolute atomic E-state index is 0.227. The molecule has 3 heteroatoms. The Morgan fingerprint density at radius 1 is 1.73 bits per heavy atom. The van der Waals surface area contributed by atoms with Crippen LogP contribution in [0.2, 0.25) is 0 Å². The van der Waals surface area contributed by atoms with Gasteiger partial charge in [0.15, 0.2) is 0 Å². The maximum atomic E-state index is 11.2. The van der Waals surface area contributed by atoms with Crippen molar-refractivity contribution in [1.29, 1.82) is 0 Å². The summed E-state index contributed by atoms with van der Waals surface area (Å²) in [4.78, 5) is 13.1. The molecule has 0 bridgehead atoms. The summed E-state index contributed by atoms with van der Waals surface area (Å²) < 4.78 is 0. The molecular weight excluding hydrogens is 140 g/mol. The maximum absolute atomic E-state index is 11.2. The van der Waals surface area contributed by atoms with Gasteiger partial charge in [-0.05, 0) is 12.8 Å². The smallest absolute Gasteiger partial charge is 0.237 e. The summed E-state index contributed by atoms with van der Waals surface area (Å²) in [6.07, 6.45) is 0.227. The fourth-order valence-electron chi connectivity index (χ4n) is 1.32. The van der Waals surface area contributed by atoms with Gasteiger partial charge in [-0.2, -0.15) is 0 Å². The van der Waals surface area contributed by atoms with E-state index in [1.54, 1.807) is 0 Å². The van der Waals surface area contributed by atoms with Crippen LogP contribution in [0.1, 0.15) is 20.8 Å². The SMILES string of the molecule is CC(C)CN1C(=O)CNC1C. The Kier molecular flexibility index (Phi) is 2.49. The van der Waals surface area contributed by atoms with Crippen molar-refractivity contribution in [3.8, 4) is 0 Å². The van der Waals surface area contributed by atoms with E-state index in [-0.39, 0.29) is 12.1 Å². The molecule has 1 aliphatic rings. The number of nitrogens with zero attached hydrogens (tertiary/aromatic N) is 1. The number of nitrogens with one attached hydrogen (secondary N) is 1. The molecule has 3 nitrogen and oxygen atoms in total. The first-order valence-corrected chi connectivity index (χ1v) is 4.14. The fourth-order valence-corrected chi connectivity index (χ4v) is 1.32. The van der Waals surface area contributed by atoms with Crippen LogP contribution in [0.15, 0.2) is 0 Å². The molecule has 1 unspecified atom stereocenters. The van der Waals surface area contributed by atoms with Crippen molar-refractivity contribution >= 4 is 5.91 Å². The number of amides is 1. The van der Waals surface area contributed by atoms with Crippen LogP contribution in [0.25, 0.3) is 0 Å². The van der Waals surface area contributed by atoms with Gasteiger partial charge in [0.2, 0.25) is 5.91 Å². The molecule has 1 heterocycles. The van der Waals surface area contributed by atoms with Crippen molar-refractivity contribution < 1.29 is 4.79 Å². The third kappa shape index (κ3) is 1.93. The third-order valence-electron chi connectivity index (χ3n) is 1.90. The first-order chi connectivity index (χ1) is 5.11. The molecule has 1 saturated heterocycles. The predicted molar refractivity (Wildman–Crippen MR) is 44.0 cm³/mol. The molecule has 1 amide bonds. The second kappa shape index (κ2) is 3.22. The van der Waals surface area contributed by atoms with Gasteiger partial charge in [-0.3, -0.25) is 10.1 Å². The number of hydrogen-bond acceptors (Lipinski definition) is 2. The highest BCUT2D eigenvalue weighted by atomic mass is 16.2. The largest absolute Gasteiger partial charge is 0.326 e.